The van der Waals surface area contributed by atoms with E-state index in [9.17, 15) is 19.2 Å². The van der Waals surface area contributed by atoms with E-state index in [4.69, 9.17) is 0 Å². The average Bonchev–Trinajstić information content (AvgIpc) is 3.12. The monoisotopic (exact) mass is 404 g/mol. The van der Waals surface area contributed by atoms with Crippen molar-refractivity contribution in [2.24, 2.45) is 0 Å². The molecule has 0 bridgehead atoms. The SMILES string of the molecule is COC(=O)CCn1c(S[C@@H](C)C(=O)N2CCNC2=O)nc2ccccc2c1=O. The summed E-state index contributed by atoms with van der Waals surface area (Å²) >= 11 is 1.08. The Labute approximate surface area is 165 Å². The molecule has 0 aliphatic carbocycles. The van der Waals surface area contributed by atoms with Gasteiger partial charge < -0.3 is 10.1 Å². The standard InChI is InChI=1S/C18H20N4O5S/c1-11(15(24)21-10-8-19-17(21)26)28-18-20-13-6-4-3-5-12(13)16(25)22(18)9-7-14(23)27-2/h3-6,11H,7-10H2,1-2H3,(H,19,26)/t11-/m0/s1. The molecule has 10 heteroatoms. The number of fused-ring (bicyclic) bond motifs is 1. The van der Waals surface area contributed by atoms with E-state index in [1.54, 1.807) is 31.2 Å². The van der Waals surface area contributed by atoms with Gasteiger partial charge in [0, 0.05) is 19.6 Å². The Hall–Kier alpha value is -2.88. The zero-order valence-corrected chi connectivity index (χ0v) is 16.3. The maximum absolute atomic E-state index is 12.9. The second-order valence-corrected chi connectivity index (χ2v) is 7.48. The molecule has 1 aromatic carbocycles. The van der Waals surface area contributed by atoms with Crippen molar-refractivity contribution in [1.29, 1.82) is 0 Å². The number of nitrogens with one attached hydrogen (secondary N) is 1. The van der Waals surface area contributed by atoms with E-state index in [0.717, 1.165) is 16.7 Å². The Morgan fingerprint density at radius 3 is 2.75 bits per heavy atom. The van der Waals surface area contributed by atoms with E-state index >= 15 is 0 Å². The largest absolute Gasteiger partial charge is 0.469 e. The first-order chi connectivity index (χ1) is 13.4. The number of urea groups is 1. The summed E-state index contributed by atoms with van der Waals surface area (Å²) in [6.45, 7) is 2.46. The van der Waals surface area contributed by atoms with Crippen molar-refractivity contribution in [3.05, 3.63) is 34.6 Å². The molecule has 0 saturated carbocycles. The zero-order valence-electron chi connectivity index (χ0n) is 15.5. The number of esters is 1. The van der Waals surface area contributed by atoms with Crippen LogP contribution in [0, 0.1) is 0 Å². The molecule has 1 aliphatic heterocycles. The van der Waals surface area contributed by atoms with Crippen molar-refractivity contribution < 1.29 is 19.1 Å². The Balaban J connectivity index is 1.93. The van der Waals surface area contributed by atoms with Crippen molar-refractivity contribution in [2.75, 3.05) is 20.2 Å². The maximum atomic E-state index is 12.9. The molecule has 2 heterocycles. The Kier molecular flexibility index (Phi) is 5.98. The minimum atomic E-state index is -0.638. The molecule has 1 N–H and O–H groups in total. The number of rotatable bonds is 6. The van der Waals surface area contributed by atoms with Gasteiger partial charge in [0.2, 0.25) is 5.91 Å². The number of carbonyl (C=O) groups is 3. The van der Waals surface area contributed by atoms with Gasteiger partial charge >= 0.3 is 12.0 Å². The van der Waals surface area contributed by atoms with E-state index in [1.165, 1.54) is 11.7 Å². The fourth-order valence-corrected chi connectivity index (χ4v) is 3.85. The predicted octanol–water partition coefficient (Wildman–Crippen LogP) is 0.992. The molecule has 1 atom stereocenters. The number of para-hydroxylation sites is 1. The van der Waals surface area contributed by atoms with E-state index in [0.29, 0.717) is 29.1 Å². The van der Waals surface area contributed by atoms with E-state index in [-0.39, 0.29) is 24.4 Å². The molecule has 28 heavy (non-hydrogen) atoms. The normalized spacial score (nSPS) is 14.8. The number of carbonyl (C=O) groups excluding carboxylic acids is 3. The van der Waals surface area contributed by atoms with Crippen molar-refractivity contribution in [3.8, 4) is 0 Å². The molecular weight excluding hydrogens is 384 g/mol. The summed E-state index contributed by atoms with van der Waals surface area (Å²) in [4.78, 5) is 54.4. The quantitative estimate of drug-likeness (QED) is 0.434. The molecule has 1 aliphatic rings. The average molecular weight is 404 g/mol. The number of amides is 3. The third kappa shape index (κ3) is 4.01. The summed E-state index contributed by atoms with van der Waals surface area (Å²) in [5.74, 6) is -0.809. The van der Waals surface area contributed by atoms with Crippen LogP contribution in [-0.4, -0.2) is 57.8 Å². The molecule has 1 fully saturated rings. The fraction of sp³-hybridized carbons (Fsp3) is 0.389. The number of benzene rings is 1. The highest BCUT2D eigenvalue weighted by Crippen LogP contribution is 2.24. The summed E-state index contributed by atoms with van der Waals surface area (Å²) in [7, 11) is 1.28. The Morgan fingerprint density at radius 2 is 2.07 bits per heavy atom. The topological polar surface area (TPSA) is 111 Å². The van der Waals surface area contributed by atoms with Crippen LogP contribution in [0.15, 0.2) is 34.2 Å². The van der Waals surface area contributed by atoms with Crippen LogP contribution in [0.25, 0.3) is 10.9 Å². The molecule has 9 nitrogen and oxygen atoms in total. The molecule has 1 aromatic heterocycles. The van der Waals surface area contributed by atoms with Crippen LogP contribution in [0.4, 0.5) is 4.79 Å². The summed E-state index contributed by atoms with van der Waals surface area (Å²) in [5.41, 5.74) is 0.207. The highest BCUT2D eigenvalue weighted by molar-refractivity contribution is 8.00. The van der Waals surface area contributed by atoms with Crippen molar-refractivity contribution in [3.63, 3.8) is 0 Å². The molecule has 0 radical (unpaired) electrons. The number of methoxy groups -OCH3 is 1. The Bertz CT molecular complexity index is 990. The number of hydrogen-bond acceptors (Lipinski definition) is 7. The molecule has 3 amide bonds. The third-order valence-electron chi connectivity index (χ3n) is 4.35. The highest BCUT2D eigenvalue weighted by atomic mass is 32.2. The highest BCUT2D eigenvalue weighted by Gasteiger charge is 2.31. The number of aromatic nitrogens is 2. The maximum Gasteiger partial charge on any atom is 0.324 e. The van der Waals surface area contributed by atoms with Gasteiger partial charge in [-0.3, -0.25) is 23.9 Å². The first kappa shape index (κ1) is 19.9. The van der Waals surface area contributed by atoms with Crippen LogP contribution in [0.5, 0.6) is 0 Å². The summed E-state index contributed by atoms with van der Waals surface area (Å²) in [6.07, 6.45) is 0.000839. The molecule has 0 unspecified atom stereocenters. The lowest BCUT2D eigenvalue weighted by Gasteiger charge is -2.19. The van der Waals surface area contributed by atoms with Gasteiger partial charge in [0.1, 0.15) is 0 Å². The van der Waals surface area contributed by atoms with Crippen molar-refractivity contribution in [1.82, 2.24) is 19.8 Å². The van der Waals surface area contributed by atoms with Crippen molar-refractivity contribution >= 4 is 40.6 Å². The Morgan fingerprint density at radius 1 is 1.32 bits per heavy atom. The third-order valence-corrected chi connectivity index (χ3v) is 5.42. The van der Waals surface area contributed by atoms with Gasteiger partial charge in [-0.15, -0.1) is 0 Å². The van der Waals surface area contributed by atoms with Gasteiger partial charge in [0.25, 0.3) is 5.56 Å². The second kappa shape index (κ2) is 8.42. The molecule has 0 spiro atoms. The first-order valence-corrected chi connectivity index (χ1v) is 9.62. The van der Waals surface area contributed by atoms with Gasteiger partial charge in [0.15, 0.2) is 5.16 Å². The fourth-order valence-electron chi connectivity index (χ4n) is 2.85. The minimum Gasteiger partial charge on any atom is -0.469 e. The number of ether oxygens (including phenoxy) is 1. The van der Waals surface area contributed by atoms with Gasteiger partial charge in [-0.05, 0) is 19.1 Å². The van der Waals surface area contributed by atoms with E-state index < -0.39 is 17.3 Å². The molecule has 2 aromatic rings. The second-order valence-electron chi connectivity index (χ2n) is 6.18. The van der Waals surface area contributed by atoms with E-state index in [1.807, 2.05) is 0 Å². The summed E-state index contributed by atoms with van der Waals surface area (Å²) in [5, 5.41) is 2.69. The lowest BCUT2D eigenvalue weighted by molar-refractivity contribution is -0.140. The molecular formula is C18H20N4O5S. The lowest BCUT2D eigenvalue weighted by atomic mass is 10.2. The number of hydrogen-bond donors (Lipinski definition) is 1. The smallest absolute Gasteiger partial charge is 0.324 e. The van der Waals surface area contributed by atoms with Crippen LogP contribution in [0.1, 0.15) is 13.3 Å². The predicted molar refractivity (Wildman–Crippen MR) is 103 cm³/mol. The van der Waals surface area contributed by atoms with Crippen molar-refractivity contribution in [2.45, 2.75) is 30.3 Å². The van der Waals surface area contributed by atoms with Crippen LogP contribution in [-0.2, 0) is 20.9 Å². The van der Waals surface area contributed by atoms with Gasteiger partial charge in [-0.2, -0.15) is 0 Å². The van der Waals surface area contributed by atoms with Crippen LogP contribution >= 0.6 is 11.8 Å². The van der Waals surface area contributed by atoms with Crippen LogP contribution in [0.2, 0.25) is 0 Å². The zero-order chi connectivity index (χ0) is 20.3. The van der Waals surface area contributed by atoms with Crippen LogP contribution < -0.4 is 10.9 Å². The molecule has 3 rings (SSSR count). The summed E-state index contributed by atoms with van der Waals surface area (Å²) < 4.78 is 6.02. The van der Waals surface area contributed by atoms with Crippen LogP contribution in [0.3, 0.4) is 0 Å². The number of imide groups is 1. The van der Waals surface area contributed by atoms with Gasteiger partial charge in [0.05, 0.1) is 29.7 Å². The van der Waals surface area contributed by atoms with E-state index in [2.05, 4.69) is 15.0 Å². The lowest BCUT2D eigenvalue weighted by Crippen LogP contribution is -2.39. The minimum absolute atomic E-state index is 0.000839. The first-order valence-electron chi connectivity index (χ1n) is 8.74. The van der Waals surface area contributed by atoms with Gasteiger partial charge in [-0.1, -0.05) is 23.9 Å². The molecule has 148 valence electrons. The molecule has 1 saturated heterocycles. The van der Waals surface area contributed by atoms with Gasteiger partial charge in [-0.25, -0.2) is 9.78 Å². The number of thioether (sulfide) groups is 1. The number of nitrogens with zero attached hydrogens (tertiary/aromatic N) is 3. The summed E-state index contributed by atoms with van der Waals surface area (Å²) in [6, 6.07) is 6.46.